The van der Waals surface area contributed by atoms with Gasteiger partial charge < -0.3 is 5.11 Å². The Bertz CT molecular complexity index is 871. The minimum Gasteiger partial charge on any atom is -0.478 e. The van der Waals surface area contributed by atoms with Crippen LogP contribution in [0, 0.1) is 18.6 Å². The summed E-state index contributed by atoms with van der Waals surface area (Å²) in [7, 11) is 0. The zero-order chi connectivity index (χ0) is 15.1. The number of carboxylic acid groups (broad SMARTS) is 1. The quantitative estimate of drug-likeness (QED) is 0.787. The molecule has 106 valence electrons. The number of nitrogens with zero attached hydrogens (tertiary/aromatic N) is 2. The van der Waals surface area contributed by atoms with Gasteiger partial charge >= 0.3 is 5.97 Å². The van der Waals surface area contributed by atoms with Crippen molar-refractivity contribution in [2.45, 2.75) is 6.92 Å². The lowest BCUT2D eigenvalue weighted by atomic mass is 10.1. The Morgan fingerprint density at radius 2 is 2.00 bits per heavy atom. The van der Waals surface area contributed by atoms with Gasteiger partial charge in [-0.1, -0.05) is 6.07 Å². The van der Waals surface area contributed by atoms with Gasteiger partial charge in [-0.2, -0.15) is 0 Å². The topological polar surface area (TPSA) is 55.1 Å². The number of hydrogen-bond acceptors (Lipinski definition) is 2. The van der Waals surface area contributed by atoms with E-state index < -0.39 is 17.6 Å². The molecular formula is C15H10F2N2O2. The SMILES string of the molecule is Cc1nc2cccc(C(=O)O)c2n1-c1cc(F)ccc1F. The maximum Gasteiger partial charge on any atom is 0.337 e. The van der Waals surface area contributed by atoms with Crippen molar-refractivity contribution in [3.05, 3.63) is 59.4 Å². The Labute approximate surface area is 118 Å². The molecule has 1 aromatic heterocycles. The summed E-state index contributed by atoms with van der Waals surface area (Å²) in [6.07, 6.45) is 0. The van der Waals surface area contributed by atoms with Gasteiger partial charge in [-0.3, -0.25) is 4.57 Å². The van der Waals surface area contributed by atoms with Crippen LogP contribution in [-0.2, 0) is 0 Å². The summed E-state index contributed by atoms with van der Waals surface area (Å²) in [6.45, 7) is 1.61. The summed E-state index contributed by atoms with van der Waals surface area (Å²) < 4.78 is 28.7. The number of imidazole rings is 1. The predicted molar refractivity (Wildman–Crippen MR) is 72.7 cm³/mol. The molecule has 2 aromatic carbocycles. The van der Waals surface area contributed by atoms with Crippen molar-refractivity contribution in [3.63, 3.8) is 0 Å². The van der Waals surface area contributed by atoms with E-state index in [0.717, 1.165) is 18.2 Å². The first kappa shape index (κ1) is 13.2. The second-order valence-electron chi connectivity index (χ2n) is 4.57. The standard InChI is InChI=1S/C15H10F2N2O2/c1-8-18-12-4-2-3-10(15(20)21)14(12)19(8)13-7-9(16)5-6-11(13)17/h2-7H,1H3,(H,20,21). The summed E-state index contributed by atoms with van der Waals surface area (Å²) in [5.41, 5.74) is 0.573. The number of rotatable bonds is 2. The molecule has 0 radical (unpaired) electrons. The van der Waals surface area contributed by atoms with Crippen LogP contribution in [-0.4, -0.2) is 20.6 Å². The molecule has 4 nitrogen and oxygen atoms in total. The van der Waals surface area contributed by atoms with Gasteiger partial charge in [0.15, 0.2) is 0 Å². The van der Waals surface area contributed by atoms with Crippen molar-refractivity contribution < 1.29 is 18.7 Å². The lowest BCUT2D eigenvalue weighted by molar-refractivity contribution is 0.0698. The van der Waals surface area contributed by atoms with Gasteiger partial charge in [0.05, 0.1) is 22.3 Å². The van der Waals surface area contributed by atoms with Crippen molar-refractivity contribution in [2.75, 3.05) is 0 Å². The largest absolute Gasteiger partial charge is 0.478 e. The second kappa shape index (κ2) is 4.66. The molecule has 1 heterocycles. The van der Waals surface area contributed by atoms with Crippen LogP contribution in [0.3, 0.4) is 0 Å². The Balaban J connectivity index is 2.44. The average Bonchev–Trinajstić information content (AvgIpc) is 2.77. The number of carbonyl (C=O) groups is 1. The van der Waals surface area contributed by atoms with Gasteiger partial charge in [0.25, 0.3) is 0 Å². The van der Waals surface area contributed by atoms with Gasteiger partial charge in [0.2, 0.25) is 0 Å². The van der Waals surface area contributed by atoms with Crippen LogP contribution < -0.4 is 0 Å². The van der Waals surface area contributed by atoms with Crippen LogP contribution in [0.5, 0.6) is 0 Å². The summed E-state index contributed by atoms with van der Waals surface area (Å²) in [5, 5.41) is 9.28. The summed E-state index contributed by atoms with van der Waals surface area (Å²) in [5.74, 6) is -2.04. The van der Waals surface area contributed by atoms with Crippen molar-refractivity contribution >= 4 is 17.0 Å². The van der Waals surface area contributed by atoms with Crippen molar-refractivity contribution in [1.82, 2.24) is 9.55 Å². The predicted octanol–water partition coefficient (Wildman–Crippen LogP) is 3.31. The van der Waals surface area contributed by atoms with E-state index in [0.29, 0.717) is 11.3 Å². The van der Waals surface area contributed by atoms with Crippen LogP contribution >= 0.6 is 0 Å². The fourth-order valence-corrected chi connectivity index (χ4v) is 2.37. The van der Waals surface area contributed by atoms with E-state index in [4.69, 9.17) is 0 Å². The highest BCUT2D eigenvalue weighted by molar-refractivity contribution is 6.01. The Morgan fingerprint density at radius 1 is 1.24 bits per heavy atom. The van der Waals surface area contributed by atoms with Gasteiger partial charge in [0.1, 0.15) is 17.5 Å². The molecule has 0 saturated heterocycles. The van der Waals surface area contributed by atoms with E-state index in [1.807, 2.05) is 0 Å². The third kappa shape index (κ3) is 2.05. The van der Waals surface area contributed by atoms with Crippen LogP contribution in [0.2, 0.25) is 0 Å². The molecule has 3 aromatic rings. The molecule has 6 heteroatoms. The van der Waals surface area contributed by atoms with E-state index in [1.165, 1.54) is 10.6 Å². The zero-order valence-corrected chi connectivity index (χ0v) is 11.0. The fraction of sp³-hybridized carbons (Fsp3) is 0.0667. The number of aryl methyl sites for hydroxylation is 1. The smallest absolute Gasteiger partial charge is 0.337 e. The van der Waals surface area contributed by atoms with Crippen LogP contribution in [0.15, 0.2) is 36.4 Å². The number of aromatic carboxylic acids is 1. The molecule has 1 N–H and O–H groups in total. The van der Waals surface area contributed by atoms with E-state index in [9.17, 15) is 18.7 Å². The first-order valence-corrected chi connectivity index (χ1v) is 6.16. The van der Waals surface area contributed by atoms with Crippen molar-refractivity contribution in [2.24, 2.45) is 0 Å². The van der Waals surface area contributed by atoms with Crippen LogP contribution in [0.1, 0.15) is 16.2 Å². The van der Waals surface area contributed by atoms with Gasteiger partial charge in [-0.25, -0.2) is 18.6 Å². The first-order chi connectivity index (χ1) is 9.99. The maximum absolute atomic E-state index is 14.0. The number of fused-ring (bicyclic) bond motifs is 1. The molecule has 0 aliphatic rings. The minimum absolute atomic E-state index is 0.0169. The molecular weight excluding hydrogens is 278 g/mol. The molecule has 0 spiro atoms. The highest BCUT2D eigenvalue weighted by atomic mass is 19.1. The normalized spacial score (nSPS) is 11.0. The molecule has 0 fully saturated rings. The summed E-state index contributed by atoms with van der Waals surface area (Å²) >= 11 is 0. The number of para-hydroxylation sites is 1. The van der Waals surface area contributed by atoms with E-state index in [-0.39, 0.29) is 16.8 Å². The van der Waals surface area contributed by atoms with E-state index in [2.05, 4.69) is 4.98 Å². The fourth-order valence-electron chi connectivity index (χ4n) is 2.37. The van der Waals surface area contributed by atoms with Gasteiger partial charge in [-0.05, 0) is 31.2 Å². The lowest BCUT2D eigenvalue weighted by Gasteiger charge is -2.10. The summed E-state index contributed by atoms with van der Waals surface area (Å²) in [4.78, 5) is 15.6. The first-order valence-electron chi connectivity index (χ1n) is 6.16. The zero-order valence-electron chi connectivity index (χ0n) is 11.0. The Morgan fingerprint density at radius 3 is 2.71 bits per heavy atom. The number of halogens is 2. The summed E-state index contributed by atoms with van der Waals surface area (Å²) in [6, 6.07) is 7.61. The molecule has 21 heavy (non-hydrogen) atoms. The highest BCUT2D eigenvalue weighted by Gasteiger charge is 2.19. The number of benzene rings is 2. The molecule has 0 unspecified atom stereocenters. The van der Waals surface area contributed by atoms with Crippen molar-refractivity contribution in [3.8, 4) is 5.69 Å². The minimum atomic E-state index is -1.15. The molecule has 3 rings (SSSR count). The number of aromatic nitrogens is 2. The number of carboxylic acids is 1. The molecule has 0 saturated carbocycles. The van der Waals surface area contributed by atoms with Gasteiger partial charge in [0, 0.05) is 6.07 Å². The molecule has 0 bridgehead atoms. The third-order valence-corrected chi connectivity index (χ3v) is 3.22. The second-order valence-corrected chi connectivity index (χ2v) is 4.57. The Kier molecular flexibility index (Phi) is 2.94. The average molecular weight is 288 g/mol. The third-order valence-electron chi connectivity index (χ3n) is 3.22. The molecule has 0 amide bonds. The van der Waals surface area contributed by atoms with Gasteiger partial charge in [-0.15, -0.1) is 0 Å². The maximum atomic E-state index is 14.0. The van der Waals surface area contributed by atoms with Crippen LogP contribution in [0.25, 0.3) is 16.7 Å². The lowest BCUT2D eigenvalue weighted by Crippen LogP contribution is -2.05. The van der Waals surface area contributed by atoms with Crippen molar-refractivity contribution in [1.29, 1.82) is 0 Å². The monoisotopic (exact) mass is 288 g/mol. The molecule has 0 aliphatic heterocycles. The molecule has 0 aliphatic carbocycles. The van der Waals surface area contributed by atoms with E-state index >= 15 is 0 Å². The number of hydrogen-bond donors (Lipinski definition) is 1. The highest BCUT2D eigenvalue weighted by Crippen LogP contribution is 2.26. The van der Waals surface area contributed by atoms with Crippen LogP contribution in [0.4, 0.5) is 8.78 Å². The molecule has 0 atom stereocenters. The Hall–Kier alpha value is -2.76. The van der Waals surface area contributed by atoms with E-state index in [1.54, 1.807) is 19.1 Å².